The van der Waals surface area contributed by atoms with E-state index >= 15 is 0 Å². The van der Waals surface area contributed by atoms with Crippen LogP contribution in [-0.2, 0) is 10.2 Å². The van der Waals surface area contributed by atoms with E-state index in [1.807, 2.05) is 18.2 Å². The lowest BCUT2D eigenvalue weighted by atomic mass is 9.82. The van der Waals surface area contributed by atoms with Gasteiger partial charge in [-0.05, 0) is 42.4 Å². The van der Waals surface area contributed by atoms with Crippen molar-refractivity contribution in [2.45, 2.75) is 64.9 Å². The molecule has 1 atom stereocenters. The minimum Gasteiger partial charge on any atom is -0.506 e. The maximum absolute atomic E-state index is 12.7. The van der Waals surface area contributed by atoms with Crippen LogP contribution in [0.25, 0.3) is 0 Å². The molecule has 2 aromatic rings. The van der Waals surface area contributed by atoms with Crippen LogP contribution in [-0.4, -0.2) is 22.1 Å². The number of hydrogen-bond donors (Lipinski definition) is 2. The number of hydrogen-bond acceptors (Lipinski definition) is 4. The molecule has 0 aliphatic carbocycles. The van der Waals surface area contributed by atoms with Crippen LogP contribution in [0.2, 0.25) is 5.02 Å². The first-order chi connectivity index (χ1) is 13.3. The summed E-state index contributed by atoms with van der Waals surface area (Å²) in [5, 5.41) is 12.8. The van der Waals surface area contributed by atoms with Crippen LogP contribution in [0.15, 0.2) is 36.7 Å². The number of unbranched alkanes of at least 4 members (excludes halogenated alkanes) is 1. The molecule has 5 nitrogen and oxygen atoms in total. The fourth-order valence-electron chi connectivity index (χ4n) is 2.73. The number of aromatic nitrogens is 1. The Morgan fingerprint density at radius 3 is 2.64 bits per heavy atom. The van der Waals surface area contributed by atoms with Crippen LogP contribution in [0.4, 0.5) is 5.69 Å². The van der Waals surface area contributed by atoms with E-state index in [1.165, 1.54) is 18.5 Å². The van der Waals surface area contributed by atoms with Crippen molar-refractivity contribution in [3.8, 4) is 11.5 Å². The van der Waals surface area contributed by atoms with Gasteiger partial charge >= 0.3 is 0 Å². The number of rotatable bonds is 9. The Hall–Kier alpha value is -2.27. The van der Waals surface area contributed by atoms with E-state index in [1.54, 1.807) is 0 Å². The maximum atomic E-state index is 12.7. The predicted octanol–water partition coefficient (Wildman–Crippen LogP) is 5.70. The highest BCUT2D eigenvalue weighted by atomic mass is 35.5. The van der Waals surface area contributed by atoms with E-state index in [0.29, 0.717) is 22.9 Å². The van der Waals surface area contributed by atoms with Gasteiger partial charge in [-0.3, -0.25) is 9.78 Å². The second-order valence-electron chi connectivity index (χ2n) is 7.55. The highest BCUT2D eigenvalue weighted by Crippen LogP contribution is 2.34. The van der Waals surface area contributed by atoms with E-state index in [9.17, 15) is 9.90 Å². The largest absolute Gasteiger partial charge is 0.506 e. The zero-order valence-electron chi connectivity index (χ0n) is 17.0. The van der Waals surface area contributed by atoms with Crippen LogP contribution < -0.4 is 10.1 Å². The monoisotopic (exact) mass is 404 g/mol. The third-order valence-corrected chi connectivity index (χ3v) is 5.27. The minimum atomic E-state index is -0.690. The molecule has 1 aromatic heterocycles. The Morgan fingerprint density at radius 2 is 2.04 bits per heavy atom. The lowest BCUT2D eigenvalue weighted by Crippen LogP contribution is -2.33. The van der Waals surface area contributed by atoms with Crippen molar-refractivity contribution in [3.63, 3.8) is 0 Å². The van der Waals surface area contributed by atoms with Gasteiger partial charge in [-0.25, -0.2) is 0 Å². The van der Waals surface area contributed by atoms with Gasteiger partial charge in [-0.15, -0.1) is 0 Å². The molecular weight excluding hydrogens is 376 g/mol. The molecule has 1 aromatic carbocycles. The van der Waals surface area contributed by atoms with Crippen molar-refractivity contribution in [2.24, 2.45) is 0 Å². The van der Waals surface area contributed by atoms with Crippen molar-refractivity contribution in [2.75, 3.05) is 5.32 Å². The smallest absolute Gasteiger partial charge is 0.265 e. The lowest BCUT2D eigenvalue weighted by Gasteiger charge is -2.25. The molecule has 0 bridgehead atoms. The van der Waals surface area contributed by atoms with Crippen molar-refractivity contribution in [3.05, 3.63) is 47.2 Å². The summed E-state index contributed by atoms with van der Waals surface area (Å²) < 4.78 is 5.99. The number of anilines is 1. The molecule has 2 rings (SSSR count). The van der Waals surface area contributed by atoms with Gasteiger partial charge in [0.1, 0.15) is 11.5 Å². The molecule has 28 heavy (non-hydrogen) atoms. The Balaban J connectivity index is 2.18. The maximum Gasteiger partial charge on any atom is 0.265 e. The fraction of sp³-hybridized carbons (Fsp3) is 0.455. The number of nitrogens with one attached hydrogen (secondary N) is 1. The highest BCUT2D eigenvalue weighted by molar-refractivity contribution is 6.32. The fourth-order valence-corrected chi connectivity index (χ4v) is 2.95. The van der Waals surface area contributed by atoms with Gasteiger partial charge in [-0.1, -0.05) is 51.8 Å². The normalized spacial score (nSPS) is 12.5. The average Bonchev–Trinajstić information content (AvgIpc) is 2.66. The van der Waals surface area contributed by atoms with E-state index < -0.39 is 6.10 Å². The third-order valence-electron chi connectivity index (χ3n) is 4.97. The first-order valence-corrected chi connectivity index (χ1v) is 10.1. The number of pyridine rings is 1. The highest BCUT2D eigenvalue weighted by Gasteiger charge is 2.23. The minimum absolute atomic E-state index is 0.0130. The first-order valence-electron chi connectivity index (χ1n) is 9.68. The van der Waals surface area contributed by atoms with Crippen LogP contribution in [0.1, 0.15) is 58.9 Å². The molecule has 1 amide bonds. The van der Waals surface area contributed by atoms with E-state index in [2.05, 4.69) is 38.0 Å². The summed E-state index contributed by atoms with van der Waals surface area (Å²) >= 11 is 6.46. The van der Waals surface area contributed by atoms with Gasteiger partial charge in [0.15, 0.2) is 6.10 Å². The molecule has 0 saturated carbocycles. The van der Waals surface area contributed by atoms with Crippen molar-refractivity contribution < 1.29 is 14.6 Å². The molecule has 1 unspecified atom stereocenters. The summed E-state index contributed by atoms with van der Waals surface area (Å²) in [7, 11) is 0. The van der Waals surface area contributed by atoms with Gasteiger partial charge in [-0.2, -0.15) is 0 Å². The van der Waals surface area contributed by atoms with Gasteiger partial charge < -0.3 is 15.2 Å². The van der Waals surface area contributed by atoms with Gasteiger partial charge in [0, 0.05) is 6.07 Å². The second-order valence-corrected chi connectivity index (χ2v) is 7.96. The topological polar surface area (TPSA) is 71.5 Å². The Morgan fingerprint density at radius 1 is 1.29 bits per heavy atom. The molecule has 1 heterocycles. The summed E-state index contributed by atoms with van der Waals surface area (Å²) in [6.07, 6.45) is 5.43. The van der Waals surface area contributed by atoms with Crippen LogP contribution in [0, 0.1) is 0 Å². The number of aromatic hydroxyl groups is 1. The number of benzene rings is 1. The zero-order valence-corrected chi connectivity index (χ0v) is 17.7. The Bertz CT molecular complexity index is 808. The Kier molecular flexibility index (Phi) is 7.69. The number of carbonyl (C=O) groups excluding carboxylic acids is 1. The second kappa shape index (κ2) is 9.78. The quantitative estimate of drug-likeness (QED) is 0.561. The van der Waals surface area contributed by atoms with E-state index in [4.69, 9.17) is 16.3 Å². The lowest BCUT2D eigenvalue weighted by molar-refractivity contribution is -0.123. The van der Waals surface area contributed by atoms with Crippen LogP contribution >= 0.6 is 11.6 Å². The summed E-state index contributed by atoms with van der Waals surface area (Å²) in [5.74, 6) is 0.179. The standard InChI is InChI=1S/C22H29ClN2O3/c1-5-7-8-20(21(27)25-16-12-17(26)14-24-13-16)28-19-10-9-15(11-18(19)23)22(3,4)6-2/h9-14,20,26H,5-8H2,1-4H3,(H,25,27). The molecule has 0 aliphatic heterocycles. The number of ether oxygens (including phenoxy) is 1. The van der Waals surface area contributed by atoms with Crippen molar-refractivity contribution in [1.29, 1.82) is 0 Å². The van der Waals surface area contributed by atoms with Gasteiger partial charge in [0.05, 0.1) is 23.1 Å². The summed E-state index contributed by atoms with van der Waals surface area (Å²) in [6.45, 7) is 8.53. The van der Waals surface area contributed by atoms with Crippen LogP contribution in [0.5, 0.6) is 11.5 Å². The predicted molar refractivity (Wildman–Crippen MR) is 113 cm³/mol. The summed E-state index contributed by atoms with van der Waals surface area (Å²) in [5.41, 5.74) is 1.57. The first kappa shape index (κ1) is 22.0. The van der Waals surface area contributed by atoms with Crippen molar-refractivity contribution in [1.82, 2.24) is 4.98 Å². The third kappa shape index (κ3) is 5.86. The molecule has 2 N–H and O–H groups in total. The van der Waals surface area contributed by atoms with E-state index in [0.717, 1.165) is 24.8 Å². The summed E-state index contributed by atoms with van der Waals surface area (Å²) in [4.78, 5) is 16.6. The summed E-state index contributed by atoms with van der Waals surface area (Å²) in [6, 6.07) is 7.18. The Labute approximate surface area is 172 Å². The van der Waals surface area contributed by atoms with Crippen LogP contribution in [0.3, 0.4) is 0 Å². The number of amides is 1. The molecule has 0 spiro atoms. The van der Waals surface area contributed by atoms with Gasteiger partial charge in [0.25, 0.3) is 5.91 Å². The number of carbonyl (C=O) groups is 1. The molecule has 152 valence electrons. The SMILES string of the molecule is CCCCC(Oc1ccc(C(C)(C)CC)cc1Cl)C(=O)Nc1cncc(O)c1. The van der Waals surface area contributed by atoms with Gasteiger partial charge in [0.2, 0.25) is 0 Å². The number of nitrogens with zero attached hydrogens (tertiary/aromatic N) is 1. The molecular formula is C22H29ClN2O3. The molecule has 0 radical (unpaired) electrons. The molecule has 0 aliphatic rings. The molecule has 6 heteroatoms. The molecule has 0 fully saturated rings. The van der Waals surface area contributed by atoms with E-state index in [-0.39, 0.29) is 17.1 Å². The average molecular weight is 405 g/mol. The number of halogens is 1. The van der Waals surface area contributed by atoms with Crippen molar-refractivity contribution >= 4 is 23.2 Å². The molecule has 0 saturated heterocycles. The zero-order chi connectivity index (χ0) is 20.7.